The summed E-state index contributed by atoms with van der Waals surface area (Å²) in [6, 6.07) is 9.86. The van der Waals surface area contributed by atoms with Crippen LogP contribution < -0.4 is 0 Å². The summed E-state index contributed by atoms with van der Waals surface area (Å²) in [7, 11) is 0. The lowest BCUT2D eigenvalue weighted by Gasteiger charge is -2.25. The van der Waals surface area contributed by atoms with Gasteiger partial charge in [0.25, 0.3) is 0 Å². The Labute approximate surface area is 188 Å². The minimum absolute atomic E-state index is 0.567. The molecule has 1 aliphatic heterocycles. The summed E-state index contributed by atoms with van der Waals surface area (Å²) in [5, 5.41) is 6.25. The number of fused-ring (bicyclic) bond motifs is 1. The molecule has 0 spiro atoms. The van der Waals surface area contributed by atoms with Gasteiger partial charge in [-0.05, 0) is 19.4 Å². The van der Waals surface area contributed by atoms with Crippen molar-refractivity contribution in [1.82, 2.24) is 25.0 Å². The lowest BCUT2D eigenvalue weighted by atomic mass is 10.2. The molecule has 0 amide bonds. The first-order chi connectivity index (χ1) is 15.2. The molecule has 7 nitrogen and oxygen atoms in total. The summed E-state index contributed by atoms with van der Waals surface area (Å²) in [5.74, 6) is 2.63. The highest BCUT2D eigenvalue weighted by atomic mass is 32.2. The molecule has 1 saturated heterocycles. The maximum absolute atomic E-state index is 5.50. The van der Waals surface area contributed by atoms with E-state index in [-0.39, 0.29) is 0 Å². The molecule has 0 atom stereocenters. The van der Waals surface area contributed by atoms with Crippen LogP contribution in [0.3, 0.4) is 0 Å². The van der Waals surface area contributed by atoms with Crippen LogP contribution in [0.4, 0.5) is 0 Å². The lowest BCUT2D eigenvalue weighted by molar-refractivity contribution is 0.0330. The molecular formula is C22H23N5O2S2. The molecular weight excluding hydrogens is 430 g/mol. The van der Waals surface area contributed by atoms with E-state index in [1.807, 2.05) is 30.3 Å². The molecule has 4 aromatic rings. The van der Waals surface area contributed by atoms with Gasteiger partial charge in [0.2, 0.25) is 11.7 Å². The van der Waals surface area contributed by atoms with Gasteiger partial charge < -0.3 is 9.26 Å². The van der Waals surface area contributed by atoms with Gasteiger partial charge in [0.15, 0.2) is 0 Å². The zero-order valence-corrected chi connectivity index (χ0v) is 19.1. The highest BCUT2D eigenvalue weighted by Crippen LogP contribution is 2.36. The third kappa shape index (κ3) is 4.50. The maximum atomic E-state index is 5.50. The Morgan fingerprint density at radius 3 is 2.68 bits per heavy atom. The van der Waals surface area contributed by atoms with E-state index in [0.29, 0.717) is 17.5 Å². The van der Waals surface area contributed by atoms with Crippen LogP contribution in [0.2, 0.25) is 0 Å². The number of morpholine rings is 1. The molecule has 0 saturated carbocycles. The van der Waals surface area contributed by atoms with Crippen molar-refractivity contribution in [3.63, 3.8) is 0 Å². The Morgan fingerprint density at radius 1 is 1.06 bits per heavy atom. The first-order valence-electron chi connectivity index (χ1n) is 10.2. The van der Waals surface area contributed by atoms with Gasteiger partial charge in [0.1, 0.15) is 15.7 Å². The average Bonchev–Trinajstić information content (AvgIpc) is 3.38. The number of thiophene rings is 1. The third-order valence-electron chi connectivity index (χ3n) is 5.34. The van der Waals surface area contributed by atoms with Crippen molar-refractivity contribution in [2.45, 2.75) is 31.2 Å². The van der Waals surface area contributed by atoms with E-state index in [4.69, 9.17) is 19.2 Å². The molecule has 0 radical (unpaired) electrons. The maximum Gasteiger partial charge on any atom is 0.237 e. The van der Waals surface area contributed by atoms with Gasteiger partial charge in [-0.1, -0.05) is 47.3 Å². The third-order valence-corrected chi connectivity index (χ3v) is 7.40. The number of thioether (sulfide) groups is 1. The fraction of sp³-hybridized carbons (Fsp3) is 0.364. The number of hydrogen-bond donors (Lipinski definition) is 0. The average molecular weight is 454 g/mol. The Balaban J connectivity index is 1.39. The Hall–Kier alpha value is -2.33. The normalized spacial score (nSPS) is 15.0. The van der Waals surface area contributed by atoms with Gasteiger partial charge in [-0.2, -0.15) is 4.98 Å². The molecule has 1 aliphatic rings. The van der Waals surface area contributed by atoms with Gasteiger partial charge in [-0.15, -0.1) is 11.3 Å². The van der Waals surface area contributed by atoms with Crippen LogP contribution in [0, 0.1) is 13.8 Å². The molecule has 0 aliphatic carbocycles. The van der Waals surface area contributed by atoms with Gasteiger partial charge >= 0.3 is 0 Å². The predicted octanol–water partition coefficient (Wildman–Crippen LogP) is 4.48. The number of hydrogen-bond acceptors (Lipinski definition) is 9. The molecule has 0 N–H and O–H groups in total. The highest BCUT2D eigenvalue weighted by molar-refractivity contribution is 7.98. The van der Waals surface area contributed by atoms with Crippen LogP contribution in [0.1, 0.15) is 22.2 Å². The fourth-order valence-electron chi connectivity index (χ4n) is 3.54. The summed E-state index contributed by atoms with van der Waals surface area (Å²) in [4.78, 5) is 19.0. The highest BCUT2D eigenvalue weighted by Gasteiger charge is 2.19. The van der Waals surface area contributed by atoms with Crippen LogP contribution >= 0.6 is 23.1 Å². The summed E-state index contributed by atoms with van der Waals surface area (Å²) >= 11 is 3.36. The van der Waals surface area contributed by atoms with Crippen LogP contribution in [-0.2, 0) is 17.0 Å². The topological polar surface area (TPSA) is 77.2 Å². The van der Waals surface area contributed by atoms with Crippen LogP contribution in [0.15, 0.2) is 39.9 Å². The van der Waals surface area contributed by atoms with Crippen molar-refractivity contribution in [1.29, 1.82) is 0 Å². The van der Waals surface area contributed by atoms with Crippen molar-refractivity contribution in [3.8, 4) is 11.4 Å². The first kappa shape index (κ1) is 20.6. The molecule has 1 fully saturated rings. The summed E-state index contributed by atoms with van der Waals surface area (Å²) in [6.07, 6.45) is 0. The van der Waals surface area contributed by atoms with E-state index in [1.165, 1.54) is 10.4 Å². The van der Waals surface area contributed by atoms with Crippen LogP contribution in [0.5, 0.6) is 0 Å². The Morgan fingerprint density at radius 2 is 1.87 bits per heavy atom. The van der Waals surface area contributed by atoms with E-state index >= 15 is 0 Å². The van der Waals surface area contributed by atoms with Gasteiger partial charge in [0, 0.05) is 28.9 Å². The molecule has 5 rings (SSSR count). The zero-order chi connectivity index (χ0) is 21.2. The minimum Gasteiger partial charge on any atom is -0.379 e. The van der Waals surface area contributed by atoms with Crippen molar-refractivity contribution in [2.75, 3.05) is 26.3 Å². The number of benzene rings is 1. The summed E-state index contributed by atoms with van der Waals surface area (Å²) < 4.78 is 11.0. The van der Waals surface area contributed by atoms with Crippen molar-refractivity contribution in [3.05, 3.63) is 52.5 Å². The largest absolute Gasteiger partial charge is 0.379 e. The zero-order valence-electron chi connectivity index (χ0n) is 17.5. The van der Waals surface area contributed by atoms with Gasteiger partial charge in [-0.25, -0.2) is 9.97 Å². The monoisotopic (exact) mass is 453 g/mol. The quantitative estimate of drug-likeness (QED) is 0.312. The molecule has 160 valence electrons. The SMILES string of the molecule is Cc1sc2nc(CN3CCOCC3)nc(SCc3nc(-c4ccccc4)no3)c2c1C. The van der Waals surface area contributed by atoms with Gasteiger partial charge in [-0.3, -0.25) is 4.90 Å². The first-order valence-corrected chi connectivity index (χ1v) is 12.0. The molecule has 9 heteroatoms. The minimum atomic E-state index is 0.567. The summed E-state index contributed by atoms with van der Waals surface area (Å²) in [6.45, 7) is 8.38. The molecule has 31 heavy (non-hydrogen) atoms. The number of rotatable bonds is 6. The van der Waals surface area contributed by atoms with Crippen molar-refractivity contribution < 1.29 is 9.26 Å². The van der Waals surface area contributed by atoms with E-state index in [2.05, 4.69) is 28.9 Å². The second-order valence-corrected chi connectivity index (χ2v) is 9.63. The van der Waals surface area contributed by atoms with E-state index in [1.54, 1.807) is 23.1 Å². The smallest absolute Gasteiger partial charge is 0.237 e. The predicted molar refractivity (Wildman–Crippen MR) is 122 cm³/mol. The lowest BCUT2D eigenvalue weighted by Crippen LogP contribution is -2.36. The Kier molecular flexibility index (Phi) is 5.99. The van der Waals surface area contributed by atoms with Crippen molar-refractivity contribution in [2.24, 2.45) is 0 Å². The number of aromatic nitrogens is 4. The summed E-state index contributed by atoms with van der Waals surface area (Å²) in [5.41, 5.74) is 2.19. The molecule has 0 unspecified atom stereocenters. The number of aryl methyl sites for hydroxylation is 2. The molecule has 0 bridgehead atoms. The van der Waals surface area contributed by atoms with Gasteiger partial charge in [0.05, 0.1) is 25.5 Å². The fourth-order valence-corrected chi connectivity index (χ4v) is 5.59. The van der Waals surface area contributed by atoms with Crippen LogP contribution in [0.25, 0.3) is 21.6 Å². The standard InChI is InChI=1S/C22H23N5O2S2/c1-14-15(2)31-22-19(14)21(23-17(24-22)12-27-8-10-28-11-9-27)30-13-18-25-20(26-29-18)16-6-4-3-5-7-16/h3-7H,8-13H2,1-2H3. The van der Waals surface area contributed by atoms with Crippen molar-refractivity contribution >= 4 is 33.3 Å². The molecule has 4 heterocycles. The number of ether oxygens (including phenoxy) is 1. The van der Waals surface area contributed by atoms with Crippen LogP contribution in [-0.4, -0.2) is 51.3 Å². The molecule has 3 aromatic heterocycles. The van der Waals surface area contributed by atoms with E-state index in [0.717, 1.165) is 59.5 Å². The second-order valence-electron chi connectivity index (χ2n) is 7.46. The Bertz CT molecular complexity index is 1190. The second kappa shape index (κ2) is 9.04. The number of nitrogens with zero attached hydrogens (tertiary/aromatic N) is 5. The van der Waals surface area contributed by atoms with E-state index in [9.17, 15) is 0 Å². The van der Waals surface area contributed by atoms with E-state index < -0.39 is 0 Å². The molecule has 1 aromatic carbocycles.